The molecule has 0 fully saturated rings. The average molecular weight is 258 g/mol. The fraction of sp³-hybridized carbons (Fsp3) is 0.467. The van der Waals surface area contributed by atoms with E-state index in [4.69, 9.17) is 0 Å². The summed E-state index contributed by atoms with van der Waals surface area (Å²) in [5.74, 6) is 1.04. The first-order chi connectivity index (χ1) is 9.24. The number of nitrogens with one attached hydrogen (secondary N) is 1. The van der Waals surface area contributed by atoms with Crippen LogP contribution in [0.2, 0.25) is 0 Å². The van der Waals surface area contributed by atoms with Crippen molar-refractivity contribution in [3.8, 4) is 0 Å². The Hall–Kier alpha value is -1.68. The van der Waals surface area contributed by atoms with Gasteiger partial charge < -0.3 is 5.32 Å². The molecule has 0 aliphatic rings. The van der Waals surface area contributed by atoms with Crippen LogP contribution in [-0.2, 0) is 13.0 Å². The lowest BCUT2D eigenvalue weighted by atomic mass is 10.0. The Morgan fingerprint density at radius 3 is 2.63 bits per heavy atom. The smallest absolute Gasteiger partial charge is 0.138 e. The van der Waals surface area contributed by atoms with E-state index >= 15 is 0 Å². The van der Waals surface area contributed by atoms with E-state index in [0.29, 0.717) is 0 Å². The molecule has 1 atom stereocenters. The van der Waals surface area contributed by atoms with Gasteiger partial charge in [-0.05, 0) is 26.0 Å². The van der Waals surface area contributed by atoms with E-state index in [9.17, 15) is 0 Å². The first-order valence-electron chi connectivity index (χ1n) is 6.85. The van der Waals surface area contributed by atoms with Crippen LogP contribution in [0.4, 0.5) is 0 Å². The van der Waals surface area contributed by atoms with E-state index in [0.717, 1.165) is 25.2 Å². The highest BCUT2D eigenvalue weighted by Gasteiger charge is 2.13. The van der Waals surface area contributed by atoms with Crippen molar-refractivity contribution in [2.75, 3.05) is 7.05 Å². The van der Waals surface area contributed by atoms with Crippen LogP contribution in [0.3, 0.4) is 0 Å². The molecular weight excluding hydrogens is 236 g/mol. The van der Waals surface area contributed by atoms with Crippen molar-refractivity contribution in [1.29, 1.82) is 0 Å². The summed E-state index contributed by atoms with van der Waals surface area (Å²) in [6.07, 6.45) is 3.58. The van der Waals surface area contributed by atoms with E-state index in [1.807, 2.05) is 11.7 Å². The minimum absolute atomic E-state index is 0.278. The van der Waals surface area contributed by atoms with Crippen LogP contribution in [-0.4, -0.2) is 21.8 Å². The van der Waals surface area contributed by atoms with Crippen molar-refractivity contribution in [2.45, 2.75) is 39.3 Å². The summed E-state index contributed by atoms with van der Waals surface area (Å²) in [5, 5.41) is 7.64. The zero-order valence-electron chi connectivity index (χ0n) is 11.9. The molecular formula is C15H22N4. The molecule has 0 radical (unpaired) electrons. The molecule has 1 N–H and O–H groups in total. The second-order valence-corrected chi connectivity index (χ2v) is 4.86. The third kappa shape index (κ3) is 3.41. The topological polar surface area (TPSA) is 42.7 Å². The summed E-state index contributed by atoms with van der Waals surface area (Å²) < 4.78 is 2.00. The van der Waals surface area contributed by atoms with Crippen molar-refractivity contribution in [2.24, 2.45) is 0 Å². The number of hydrogen-bond donors (Lipinski definition) is 1. The highest BCUT2D eigenvalue weighted by atomic mass is 15.3. The number of rotatable bonds is 6. The molecule has 102 valence electrons. The lowest BCUT2D eigenvalue weighted by Crippen LogP contribution is -2.21. The van der Waals surface area contributed by atoms with Gasteiger partial charge in [-0.25, -0.2) is 4.98 Å². The van der Waals surface area contributed by atoms with Crippen LogP contribution >= 0.6 is 0 Å². The van der Waals surface area contributed by atoms with Crippen LogP contribution in [0.25, 0.3) is 0 Å². The van der Waals surface area contributed by atoms with E-state index in [1.165, 1.54) is 11.1 Å². The van der Waals surface area contributed by atoms with Crippen molar-refractivity contribution in [3.05, 3.63) is 47.5 Å². The van der Waals surface area contributed by atoms with Gasteiger partial charge in [-0.2, -0.15) is 5.10 Å². The lowest BCUT2D eigenvalue weighted by molar-refractivity contribution is 0.517. The van der Waals surface area contributed by atoms with Crippen molar-refractivity contribution < 1.29 is 0 Å². The number of aromatic nitrogens is 3. The number of nitrogens with zero attached hydrogens (tertiary/aromatic N) is 3. The van der Waals surface area contributed by atoms with Gasteiger partial charge in [0.2, 0.25) is 0 Å². The predicted octanol–water partition coefficient (Wildman–Crippen LogP) is 2.50. The largest absolute Gasteiger partial charge is 0.313 e. The Kier molecular flexibility index (Phi) is 4.68. The van der Waals surface area contributed by atoms with Gasteiger partial charge in [-0.3, -0.25) is 4.68 Å². The Morgan fingerprint density at radius 2 is 2.00 bits per heavy atom. The number of aryl methyl sites for hydroxylation is 2. The molecule has 0 spiro atoms. The van der Waals surface area contributed by atoms with Gasteiger partial charge in [-0.1, -0.05) is 36.8 Å². The standard InChI is InChI=1S/C15H22N4/c1-4-9-19-15(17-11-18-19)10-14(16-3)13-7-5-12(2)6-8-13/h5-8,11,14,16H,4,9-10H2,1-3H3. The minimum Gasteiger partial charge on any atom is -0.313 e. The SMILES string of the molecule is CCCn1ncnc1CC(NC)c1ccc(C)cc1. The summed E-state index contributed by atoms with van der Waals surface area (Å²) in [4.78, 5) is 4.38. The first kappa shape index (κ1) is 13.7. The number of likely N-dealkylation sites (N-methyl/N-ethyl adjacent to an activating group) is 1. The molecule has 0 amide bonds. The molecule has 2 aromatic rings. The average Bonchev–Trinajstić information content (AvgIpc) is 2.85. The molecule has 1 heterocycles. The summed E-state index contributed by atoms with van der Waals surface area (Å²) in [6.45, 7) is 5.19. The van der Waals surface area contributed by atoms with Gasteiger partial charge in [-0.15, -0.1) is 0 Å². The molecule has 1 aromatic carbocycles. The third-order valence-electron chi connectivity index (χ3n) is 3.35. The predicted molar refractivity (Wildman–Crippen MR) is 77.0 cm³/mol. The van der Waals surface area contributed by atoms with E-state index < -0.39 is 0 Å². The Labute approximate surface area is 114 Å². The fourth-order valence-corrected chi connectivity index (χ4v) is 2.21. The summed E-state index contributed by atoms with van der Waals surface area (Å²) in [5.41, 5.74) is 2.58. The normalized spacial score (nSPS) is 12.6. The van der Waals surface area contributed by atoms with Crippen LogP contribution in [0.15, 0.2) is 30.6 Å². The van der Waals surface area contributed by atoms with Gasteiger partial charge in [0.25, 0.3) is 0 Å². The number of hydrogen-bond acceptors (Lipinski definition) is 3. The maximum Gasteiger partial charge on any atom is 0.138 e. The minimum atomic E-state index is 0.278. The van der Waals surface area contributed by atoms with E-state index in [1.54, 1.807) is 6.33 Å². The summed E-state index contributed by atoms with van der Waals surface area (Å²) >= 11 is 0. The zero-order chi connectivity index (χ0) is 13.7. The van der Waals surface area contributed by atoms with Gasteiger partial charge in [0.05, 0.1) is 0 Å². The maximum absolute atomic E-state index is 4.38. The van der Waals surface area contributed by atoms with Crippen LogP contribution in [0.1, 0.15) is 36.3 Å². The summed E-state index contributed by atoms with van der Waals surface area (Å²) in [6, 6.07) is 8.93. The Bertz CT molecular complexity index is 501. The van der Waals surface area contributed by atoms with Crippen LogP contribution in [0, 0.1) is 6.92 Å². The van der Waals surface area contributed by atoms with Gasteiger partial charge in [0.15, 0.2) is 0 Å². The van der Waals surface area contributed by atoms with E-state index in [2.05, 4.69) is 53.5 Å². The van der Waals surface area contributed by atoms with Crippen molar-refractivity contribution in [3.63, 3.8) is 0 Å². The fourth-order valence-electron chi connectivity index (χ4n) is 2.21. The van der Waals surface area contributed by atoms with Gasteiger partial charge >= 0.3 is 0 Å². The van der Waals surface area contributed by atoms with Crippen molar-refractivity contribution in [1.82, 2.24) is 20.1 Å². The van der Waals surface area contributed by atoms with Crippen LogP contribution < -0.4 is 5.32 Å². The first-order valence-corrected chi connectivity index (χ1v) is 6.85. The molecule has 0 aliphatic heterocycles. The highest BCUT2D eigenvalue weighted by Crippen LogP contribution is 2.17. The Balaban J connectivity index is 2.14. The third-order valence-corrected chi connectivity index (χ3v) is 3.35. The molecule has 1 unspecified atom stereocenters. The molecule has 1 aromatic heterocycles. The zero-order valence-corrected chi connectivity index (χ0v) is 11.9. The van der Waals surface area contributed by atoms with Gasteiger partial charge in [0, 0.05) is 19.0 Å². The van der Waals surface area contributed by atoms with Crippen LogP contribution in [0.5, 0.6) is 0 Å². The molecule has 4 heteroatoms. The second kappa shape index (κ2) is 6.48. The molecule has 0 saturated carbocycles. The van der Waals surface area contributed by atoms with Crippen molar-refractivity contribution >= 4 is 0 Å². The highest BCUT2D eigenvalue weighted by molar-refractivity contribution is 5.24. The van der Waals surface area contributed by atoms with E-state index in [-0.39, 0.29) is 6.04 Å². The maximum atomic E-state index is 4.38. The monoisotopic (exact) mass is 258 g/mol. The Morgan fingerprint density at radius 1 is 1.26 bits per heavy atom. The second-order valence-electron chi connectivity index (χ2n) is 4.86. The number of benzene rings is 1. The molecule has 19 heavy (non-hydrogen) atoms. The molecule has 0 bridgehead atoms. The molecule has 4 nitrogen and oxygen atoms in total. The quantitative estimate of drug-likeness (QED) is 0.865. The lowest BCUT2D eigenvalue weighted by Gasteiger charge is -2.17. The van der Waals surface area contributed by atoms with Gasteiger partial charge in [0.1, 0.15) is 12.2 Å². The molecule has 0 aliphatic carbocycles. The summed E-state index contributed by atoms with van der Waals surface area (Å²) in [7, 11) is 1.99. The molecule has 2 rings (SSSR count). The molecule has 0 saturated heterocycles.